The van der Waals surface area contributed by atoms with Gasteiger partial charge in [-0.1, -0.05) is 55.0 Å². The molecule has 4 nitrogen and oxygen atoms in total. The lowest BCUT2D eigenvalue weighted by molar-refractivity contribution is 0.414. The Morgan fingerprint density at radius 2 is 1.62 bits per heavy atom. The van der Waals surface area contributed by atoms with E-state index in [1.165, 1.54) is 5.56 Å². The Bertz CT molecular complexity index is 1380. The van der Waals surface area contributed by atoms with Gasteiger partial charge < -0.3 is 4.74 Å². The molecule has 0 aliphatic heterocycles. The van der Waals surface area contributed by atoms with E-state index in [1.54, 1.807) is 23.2 Å². The molecule has 0 bridgehead atoms. The molecule has 5 rings (SSSR count). The van der Waals surface area contributed by atoms with Gasteiger partial charge in [0.1, 0.15) is 5.75 Å². The summed E-state index contributed by atoms with van der Waals surface area (Å²) in [4.78, 5) is 0.328. The summed E-state index contributed by atoms with van der Waals surface area (Å²) in [5, 5.41) is 1.03. The van der Waals surface area contributed by atoms with Gasteiger partial charge in [0.25, 0.3) is 10.0 Å². The zero-order chi connectivity index (χ0) is 22.5. The molecule has 0 N–H and O–H groups in total. The summed E-state index contributed by atoms with van der Waals surface area (Å²) in [6.07, 6.45) is 1.73. The first-order valence-electron chi connectivity index (χ1n) is 11.0. The SMILES string of the molecule is CCc1c(C2C[C@H]2c2ccc(OC)cc2)n(S(=O)(=O)c2ccc(C)cc2)c2ccccc12. The third-order valence-electron chi connectivity index (χ3n) is 6.57. The van der Waals surface area contributed by atoms with Crippen LogP contribution in [0.25, 0.3) is 10.9 Å². The topological polar surface area (TPSA) is 48.3 Å². The fourth-order valence-electron chi connectivity index (χ4n) is 4.83. The molecule has 1 aliphatic rings. The van der Waals surface area contributed by atoms with Crippen LogP contribution >= 0.6 is 0 Å². The fraction of sp³-hybridized carbons (Fsp3) is 0.259. The average molecular weight is 446 g/mol. The molecule has 164 valence electrons. The Morgan fingerprint density at radius 3 is 2.28 bits per heavy atom. The van der Waals surface area contributed by atoms with Gasteiger partial charge in [0.2, 0.25) is 0 Å². The number of hydrogen-bond acceptors (Lipinski definition) is 3. The Labute approximate surface area is 189 Å². The smallest absolute Gasteiger partial charge is 0.268 e. The van der Waals surface area contributed by atoms with E-state index >= 15 is 0 Å². The van der Waals surface area contributed by atoms with Gasteiger partial charge in [0.05, 0.1) is 17.5 Å². The summed E-state index contributed by atoms with van der Waals surface area (Å²) in [5.41, 5.74) is 5.10. The molecule has 5 heteroatoms. The Balaban J connectivity index is 1.68. The lowest BCUT2D eigenvalue weighted by Crippen LogP contribution is -2.16. The number of methoxy groups -OCH3 is 1. The number of aryl methyl sites for hydroxylation is 2. The van der Waals surface area contributed by atoms with Crippen LogP contribution in [0.2, 0.25) is 0 Å². The number of aromatic nitrogens is 1. The normalized spacial score (nSPS) is 18.1. The van der Waals surface area contributed by atoms with Crippen molar-refractivity contribution >= 4 is 20.9 Å². The third-order valence-corrected chi connectivity index (χ3v) is 8.32. The molecule has 0 saturated heterocycles. The maximum Gasteiger partial charge on any atom is 0.268 e. The molecule has 0 radical (unpaired) electrons. The van der Waals surface area contributed by atoms with Crippen molar-refractivity contribution in [3.8, 4) is 5.75 Å². The predicted octanol–water partition coefficient (Wildman–Crippen LogP) is 6.03. The second kappa shape index (κ2) is 7.82. The highest BCUT2D eigenvalue weighted by Crippen LogP contribution is 2.57. The van der Waals surface area contributed by atoms with Crippen molar-refractivity contribution in [2.75, 3.05) is 7.11 Å². The van der Waals surface area contributed by atoms with Crippen LogP contribution in [-0.4, -0.2) is 19.5 Å². The minimum atomic E-state index is -3.73. The van der Waals surface area contributed by atoms with Crippen LogP contribution in [0.3, 0.4) is 0 Å². The summed E-state index contributed by atoms with van der Waals surface area (Å²) < 4.78 is 34.7. The molecule has 2 atom stereocenters. The van der Waals surface area contributed by atoms with E-state index in [4.69, 9.17) is 4.74 Å². The van der Waals surface area contributed by atoms with E-state index in [-0.39, 0.29) is 5.92 Å². The van der Waals surface area contributed by atoms with Crippen molar-refractivity contribution in [1.29, 1.82) is 0 Å². The first-order chi connectivity index (χ1) is 15.5. The maximum atomic E-state index is 13.9. The van der Waals surface area contributed by atoms with Crippen LogP contribution in [0, 0.1) is 6.92 Å². The molecule has 32 heavy (non-hydrogen) atoms. The molecule has 3 aromatic carbocycles. The first kappa shape index (κ1) is 20.8. The van der Waals surface area contributed by atoms with Crippen molar-refractivity contribution in [3.05, 3.63) is 95.2 Å². The van der Waals surface area contributed by atoms with E-state index in [9.17, 15) is 8.42 Å². The number of rotatable bonds is 6. The van der Waals surface area contributed by atoms with Crippen LogP contribution in [0.5, 0.6) is 5.75 Å². The Morgan fingerprint density at radius 1 is 0.938 bits per heavy atom. The summed E-state index contributed by atoms with van der Waals surface area (Å²) >= 11 is 0. The van der Waals surface area contributed by atoms with Crippen molar-refractivity contribution in [2.24, 2.45) is 0 Å². The molecule has 1 saturated carbocycles. The number of nitrogens with zero attached hydrogens (tertiary/aromatic N) is 1. The van der Waals surface area contributed by atoms with E-state index in [2.05, 4.69) is 19.1 Å². The van der Waals surface area contributed by atoms with Crippen molar-refractivity contribution in [3.63, 3.8) is 0 Å². The summed E-state index contributed by atoms with van der Waals surface area (Å²) in [6, 6.07) is 23.2. The molecular formula is C27H27NO3S. The maximum absolute atomic E-state index is 13.9. The Kier molecular flexibility index (Phi) is 5.09. The Hall–Kier alpha value is -3.05. The molecule has 1 heterocycles. The minimum absolute atomic E-state index is 0.172. The fourth-order valence-corrected chi connectivity index (χ4v) is 6.45. The number of ether oxygens (including phenoxy) is 1. The lowest BCUT2D eigenvalue weighted by Gasteiger charge is -2.14. The predicted molar refractivity (Wildman–Crippen MR) is 128 cm³/mol. The number of benzene rings is 3. The molecule has 0 spiro atoms. The van der Waals surface area contributed by atoms with Crippen LogP contribution in [0.15, 0.2) is 77.7 Å². The van der Waals surface area contributed by atoms with Gasteiger partial charge in [-0.15, -0.1) is 0 Å². The van der Waals surface area contributed by atoms with Gasteiger partial charge >= 0.3 is 0 Å². The highest BCUT2D eigenvalue weighted by molar-refractivity contribution is 7.90. The lowest BCUT2D eigenvalue weighted by atomic mass is 10.0. The van der Waals surface area contributed by atoms with Crippen LogP contribution in [0.1, 0.15) is 47.6 Å². The van der Waals surface area contributed by atoms with Crippen LogP contribution in [0.4, 0.5) is 0 Å². The highest BCUT2D eigenvalue weighted by atomic mass is 32.2. The van der Waals surface area contributed by atoms with E-state index in [0.717, 1.165) is 46.3 Å². The van der Waals surface area contributed by atoms with Crippen molar-refractivity contribution < 1.29 is 13.2 Å². The zero-order valence-corrected chi connectivity index (χ0v) is 19.4. The quantitative estimate of drug-likeness (QED) is 0.364. The van der Waals surface area contributed by atoms with E-state index in [1.807, 2.05) is 55.5 Å². The number of para-hydroxylation sites is 1. The number of fused-ring (bicyclic) bond motifs is 1. The van der Waals surface area contributed by atoms with Crippen molar-refractivity contribution in [2.45, 2.75) is 43.4 Å². The molecule has 1 aromatic heterocycles. The third kappa shape index (κ3) is 3.32. The second-order valence-corrected chi connectivity index (χ2v) is 10.3. The van der Waals surface area contributed by atoms with Gasteiger partial charge in [-0.05, 0) is 67.1 Å². The average Bonchev–Trinajstić information content (AvgIpc) is 3.53. The summed E-state index contributed by atoms with van der Waals surface area (Å²) in [7, 11) is -2.06. The van der Waals surface area contributed by atoms with Gasteiger partial charge in [0.15, 0.2) is 0 Å². The van der Waals surface area contributed by atoms with Gasteiger partial charge in [-0.3, -0.25) is 0 Å². The molecular weight excluding hydrogens is 418 g/mol. The van der Waals surface area contributed by atoms with Crippen LogP contribution in [-0.2, 0) is 16.4 Å². The number of hydrogen-bond donors (Lipinski definition) is 0. The largest absolute Gasteiger partial charge is 0.497 e. The molecule has 1 fully saturated rings. The molecule has 0 amide bonds. The van der Waals surface area contributed by atoms with E-state index in [0.29, 0.717) is 10.8 Å². The summed E-state index contributed by atoms with van der Waals surface area (Å²) in [6.45, 7) is 4.07. The van der Waals surface area contributed by atoms with Gasteiger partial charge in [0, 0.05) is 17.0 Å². The van der Waals surface area contributed by atoms with Crippen molar-refractivity contribution in [1.82, 2.24) is 3.97 Å². The highest BCUT2D eigenvalue weighted by Gasteiger charge is 2.45. The van der Waals surface area contributed by atoms with Crippen LogP contribution < -0.4 is 4.74 Å². The first-order valence-corrected chi connectivity index (χ1v) is 12.5. The standard InChI is InChI=1S/C27H27NO3S/c1-4-22-23-7-5-6-8-26(23)28(32(29,30)21-15-9-18(2)10-16-21)27(22)25-17-24(25)19-11-13-20(31-3)14-12-19/h5-16,24-25H,4,17H2,1-3H3/t24-,25?/m0/s1. The van der Waals surface area contributed by atoms with E-state index < -0.39 is 10.0 Å². The molecule has 1 aliphatic carbocycles. The molecule has 4 aromatic rings. The monoisotopic (exact) mass is 445 g/mol. The zero-order valence-electron chi connectivity index (χ0n) is 18.6. The van der Waals surface area contributed by atoms with Gasteiger partial charge in [-0.25, -0.2) is 12.4 Å². The van der Waals surface area contributed by atoms with Gasteiger partial charge in [-0.2, -0.15) is 0 Å². The second-order valence-electron chi connectivity index (χ2n) is 8.54. The minimum Gasteiger partial charge on any atom is -0.497 e. The summed E-state index contributed by atoms with van der Waals surface area (Å²) in [5.74, 6) is 1.31. The molecule has 1 unspecified atom stereocenters.